The van der Waals surface area contributed by atoms with E-state index in [0.717, 1.165) is 5.70 Å². The maximum absolute atomic E-state index is 4.16. The average Bonchev–Trinajstić information content (AvgIpc) is 2.93. The smallest absolute Gasteiger partial charge is 0.0479 e. The van der Waals surface area contributed by atoms with Crippen LogP contribution in [0.15, 0.2) is 127 Å². The van der Waals surface area contributed by atoms with E-state index in [1.807, 2.05) is 32.2 Å². The van der Waals surface area contributed by atoms with Gasteiger partial charge >= 0.3 is 0 Å². The van der Waals surface area contributed by atoms with E-state index in [1.54, 1.807) is 6.20 Å². The molecule has 0 spiro atoms. The summed E-state index contributed by atoms with van der Waals surface area (Å²) in [4.78, 5) is 4.16. The van der Waals surface area contributed by atoms with E-state index in [2.05, 4.69) is 138 Å². The Morgan fingerprint density at radius 3 is 1.89 bits per heavy atom. The van der Waals surface area contributed by atoms with Gasteiger partial charge in [0.05, 0.1) is 0 Å². The van der Waals surface area contributed by atoms with Crippen molar-refractivity contribution in [2.24, 2.45) is 5.92 Å². The lowest BCUT2D eigenvalue weighted by Crippen LogP contribution is -2.28. The first-order valence-electron chi connectivity index (χ1n) is 13.5. The fraction of sp³-hybridized carbons (Fsp3) is 0.306. The Balaban J connectivity index is 0.000000326. The molecule has 3 rings (SSSR count). The number of aromatic nitrogens is 1. The third-order valence-electron chi connectivity index (χ3n) is 6.45. The van der Waals surface area contributed by atoms with Gasteiger partial charge in [0.2, 0.25) is 0 Å². The van der Waals surface area contributed by atoms with Crippen LogP contribution in [0.5, 0.6) is 0 Å². The van der Waals surface area contributed by atoms with Gasteiger partial charge in [-0.25, -0.2) is 0 Å². The first kappa shape index (κ1) is 32.4. The molecule has 1 aromatic heterocycles. The molecule has 1 heterocycles. The largest absolute Gasteiger partial charge is 0.382 e. The van der Waals surface area contributed by atoms with Crippen molar-refractivity contribution >= 4 is 0 Å². The summed E-state index contributed by atoms with van der Waals surface area (Å²) in [6, 6.07) is 23.3. The molecule has 0 bridgehead atoms. The third kappa shape index (κ3) is 12.1. The summed E-state index contributed by atoms with van der Waals surface area (Å²) in [5.74, 6) is 0.907. The van der Waals surface area contributed by atoms with Crippen molar-refractivity contribution in [3.05, 3.63) is 138 Å². The van der Waals surface area contributed by atoms with Gasteiger partial charge in [-0.1, -0.05) is 124 Å². The fourth-order valence-electron chi connectivity index (χ4n) is 3.38. The zero-order chi connectivity index (χ0) is 28.5. The monoisotopic (exact) mass is 508 g/mol. The second-order valence-electron chi connectivity index (χ2n) is 9.92. The van der Waals surface area contributed by atoms with Crippen molar-refractivity contribution in [2.75, 3.05) is 0 Å². The second kappa shape index (κ2) is 17.7. The minimum atomic E-state index is 0.250. The molecule has 38 heavy (non-hydrogen) atoms. The van der Waals surface area contributed by atoms with Crippen LogP contribution in [0.4, 0.5) is 0 Å². The van der Waals surface area contributed by atoms with Crippen molar-refractivity contribution in [2.45, 2.75) is 67.3 Å². The minimum absolute atomic E-state index is 0.250. The molecule has 0 saturated heterocycles. The number of nitrogens with zero attached hydrogens (tertiary/aromatic N) is 1. The normalized spacial score (nSPS) is 12.5. The number of hydrogen-bond donors (Lipinski definition) is 1. The van der Waals surface area contributed by atoms with E-state index < -0.39 is 0 Å². The Labute approximate surface area is 233 Å². The summed E-state index contributed by atoms with van der Waals surface area (Å²) in [6.45, 7) is 24.7. The zero-order valence-corrected chi connectivity index (χ0v) is 24.8. The van der Waals surface area contributed by atoms with Gasteiger partial charge in [0.1, 0.15) is 0 Å². The van der Waals surface area contributed by atoms with E-state index in [-0.39, 0.29) is 12.0 Å². The van der Waals surface area contributed by atoms with E-state index in [1.165, 1.54) is 33.4 Å². The van der Waals surface area contributed by atoms with Crippen molar-refractivity contribution in [3.8, 4) is 11.1 Å². The lowest BCUT2D eigenvalue weighted by atomic mass is 9.98. The lowest BCUT2D eigenvalue weighted by Gasteiger charge is -2.22. The number of hydrogen-bond acceptors (Lipinski definition) is 2. The number of benzene rings is 2. The quantitative estimate of drug-likeness (QED) is 0.242. The Kier molecular flexibility index (Phi) is 15.1. The molecule has 3 aromatic rings. The molecule has 2 aromatic carbocycles. The summed E-state index contributed by atoms with van der Waals surface area (Å²) in [5, 5.41) is 3.47. The Bertz CT molecular complexity index is 1140. The topological polar surface area (TPSA) is 24.9 Å². The van der Waals surface area contributed by atoms with Crippen molar-refractivity contribution in [1.29, 1.82) is 0 Å². The minimum Gasteiger partial charge on any atom is -0.382 e. The standard InChI is InChI=1S/C17H24N2.C13H12.C6H12/c1-6-9-16(7-2)15(5)19-14(4)13(3)17-10-8-11-18-12-17;1-11-7-9-13(10-8-11)12-5-3-2-4-6-12;1-5(2)6(3)4/h6-13,15,19H,4H2,1-3,5H3;2-10H,1H3;6H,1H2,2-4H3/b9-6-,16-7+;;/t13-,15-;;/m0../s1. The average molecular weight is 509 g/mol. The van der Waals surface area contributed by atoms with Crippen LogP contribution in [0.25, 0.3) is 11.1 Å². The van der Waals surface area contributed by atoms with Gasteiger partial charge in [0.25, 0.3) is 0 Å². The highest BCUT2D eigenvalue weighted by atomic mass is 14.9. The SMILES string of the molecule is C=C(C)C(C)C.C=C(N[C@@H](C)C(/C=C\C)=C/C)[C@H](C)c1cccnc1.Cc1ccc(-c2ccccc2)cc1. The molecule has 0 aliphatic heterocycles. The molecule has 0 unspecified atom stereocenters. The molecular formula is C36H48N2. The summed E-state index contributed by atoms with van der Waals surface area (Å²) < 4.78 is 0. The van der Waals surface area contributed by atoms with Crippen LogP contribution in [0.3, 0.4) is 0 Å². The molecule has 0 radical (unpaired) electrons. The van der Waals surface area contributed by atoms with Gasteiger partial charge in [-0.3, -0.25) is 4.98 Å². The van der Waals surface area contributed by atoms with E-state index >= 15 is 0 Å². The Hall–Kier alpha value is -3.65. The molecule has 2 atom stereocenters. The molecule has 2 nitrogen and oxygen atoms in total. The van der Waals surface area contributed by atoms with Gasteiger partial charge in [-0.05, 0) is 68.9 Å². The van der Waals surface area contributed by atoms with Gasteiger partial charge < -0.3 is 5.32 Å². The molecule has 0 fully saturated rings. The van der Waals surface area contributed by atoms with E-state index in [0.29, 0.717) is 5.92 Å². The number of pyridine rings is 1. The van der Waals surface area contributed by atoms with Crippen LogP contribution < -0.4 is 5.32 Å². The van der Waals surface area contributed by atoms with Crippen LogP contribution in [-0.4, -0.2) is 11.0 Å². The molecule has 1 N–H and O–H groups in total. The molecule has 0 saturated carbocycles. The zero-order valence-electron chi connectivity index (χ0n) is 24.8. The molecule has 0 aliphatic carbocycles. The second-order valence-corrected chi connectivity index (χ2v) is 9.92. The van der Waals surface area contributed by atoms with E-state index in [9.17, 15) is 0 Å². The third-order valence-corrected chi connectivity index (χ3v) is 6.45. The maximum atomic E-state index is 4.16. The van der Waals surface area contributed by atoms with Crippen molar-refractivity contribution in [3.63, 3.8) is 0 Å². The van der Waals surface area contributed by atoms with Crippen LogP contribution in [-0.2, 0) is 0 Å². The van der Waals surface area contributed by atoms with Crippen LogP contribution >= 0.6 is 0 Å². The summed E-state index contributed by atoms with van der Waals surface area (Å²) in [7, 11) is 0. The maximum Gasteiger partial charge on any atom is 0.0479 e. The van der Waals surface area contributed by atoms with Gasteiger partial charge in [-0.15, -0.1) is 0 Å². The summed E-state index contributed by atoms with van der Waals surface area (Å²) in [5.41, 5.74) is 8.59. The Morgan fingerprint density at radius 2 is 1.42 bits per heavy atom. The molecule has 0 aliphatic rings. The highest BCUT2D eigenvalue weighted by molar-refractivity contribution is 5.63. The number of allylic oxidation sites excluding steroid dienone is 4. The fourth-order valence-corrected chi connectivity index (χ4v) is 3.38. The van der Waals surface area contributed by atoms with Crippen LogP contribution in [0, 0.1) is 12.8 Å². The predicted octanol–water partition coefficient (Wildman–Crippen LogP) is 10.1. The molecule has 2 heteroatoms. The van der Waals surface area contributed by atoms with E-state index in [4.69, 9.17) is 0 Å². The summed E-state index contributed by atoms with van der Waals surface area (Å²) in [6.07, 6.45) is 9.99. The lowest BCUT2D eigenvalue weighted by molar-refractivity contribution is 0.652. The highest BCUT2D eigenvalue weighted by Gasteiger charge is 2.13. The Morgan fingerprint density at radius 1 is 0.842 bits per heavy atom. The molecular weight excluding hydrogens is 460 g/mol. The van der Waals surface area contributed by atoms with Gasteiger partial charge in [0.15, 0.2) is 0 Å². The number of nitrogens with one attached hydrogen (secondary N) is 1. The molecule has 0 amide bonds. The first-order valence-corrected chi connectivity index (χ1v) is 13.5. The van der Waals surface area contributed by atoms with Crippen LogP contribution in [0.1, 0.15) is 65.5 Å². The number of rotatable bonds is 8. The van der Waals surface area contributed by atoms with Gasteiger partial charge in [-0.2, -0.15) is 0 Å². The molecule has 202 valence electrons. The van der Waals surface area contributed by atoms with Crippen molar-refractivity contribution in [1.82, 2.24) is 10.3 Å². The predicted molar refractivity (Wildman–Crippen MR) is 169 cm³/mol. The highest BCUT2D eigenvalue weighted by Crippen LogP contribution is 2.21. The van der Waals surface area contributed by atoms with Crippen molar-refractivity contribution < 1.29 is 0 Å². The van der Waals surface area contributed by atoms with Crippen LogP contribution in [0.2, 0.25) is 0 Å². The summed E-state index contributed by atoms with van der Waals surface area (Å²) >= 11 is 0. The number of aryl methyl sites for hydroxylation is 1. The van der Waals surface area contributed by atoms with Gasteiger partial charge in [0, 0.05) is 30.1 Å². The first-order chi connectivity index (χ1) is 18.1.